The van der Waals surface area contributed by atoms with Crippen LogP contribution in [0.1, 0.15) is 31.2 Å². The van der Waals surface area contributed by atoms with Crippen LogP contribution in [0.15, 0.2) is 6.20 Å². The lowest BCUT2D eigenvalue weighted by Gasteiger charge is -2.47. The zero-order chi connectivity index (χ0) is 14.2. The van der Waals surface area contributed by atoms with Gasteiger partial charge in [-0.05, 0) is 32.6 Å². The van der Waals surface area contributed by atoms with E-state index in [9.17, 15) is 5.11 Å². The molecule has 0 saturated carbocycles. The van der Waals surface area contributed by atoms with Gasteiger partial charge in [0.05, 0.1) is 11.7 Å². The molecule has 110 valence electrons. The second-order valence-corrected chi connectivity index (χ2v) is 5.79. The summed E-state index contributed by atoms with van der Waals surface area (Å²) in [5.74, 6) is 1.21. The lowest BCUT2D eigenvalue weighted by molar-refractivity contribution is -0.164. The van der Waals surface area contributed by atoms with Gasteiger partial charge in [0.2, 0.25) is 5.95 Å². The molecule has 3 N–H and O–H groups in total. The standard InChI is InChI=1S/C14H22N4O2/c1-10-9-16-13(15)17-12(10)18-6-4-14(5-7-18)11(19)3-2-8-20-14/h9,11,19H,2-8H2,1H3,(H2,15,16,17)/t11-/m0/s1. The Hall–Kier alpha value is -1.40. The Bertz CT molecular complexity index is 486. The lowest BCUT2D eigenvalue weighted by Crippen LogP contribution is -2.55. The van der Waals surface area contributed by atoms with E-state index in [1.165, 1.54) is 0 Å². The molecule has 6 nitrogen and oxygen atoms in total. The quantitative estimate of drug-likeness (QED) is 0.793. The van der Waals surface area contributed by atoms with Gasteiger partial charge in [0, 0.05) is 31.5 Å². The molecule has 2 aliphatic heterocycles. The van der Waals surface area contributed by atoms with Gasteiger partial charge in [0.15, 0.2) is 0 Å². The number of aryl methyl sites for hydroxylation is 1. The normalized spacial score (nSPS) is 25.9. The summed E-state index contributed by atoms with van der Waals surface area (Å²) in [4.78, 5) is 10.6. The maximum atomic E-state index is 10.3. The molecule has 2 fully saturated rings. The molecule has 1 spiro atoms. The maximum absolute atomic E-state index is 10.3. The number of piperidine rings is 1. The first-order chi connectivity index (χ1) is 9.61. The van der Waals surface area contributed by atoms with Gasteiger partial charge in [-0.3, -0.25) is 0 Å². The third kappa shape index (κ3) is 2.33. The van der Waals surface area contributed by atoms with Crippen LogP contribution in [-0.2, 0) is 4.74 Å². The monoisotopic (exact) mass is 278 g/mol. The highest BCUT2D eigenvalue weighted by Gasteiger charge is 2.43. The number of aliphatic hydroxyl groups is 1. The summed E-state index contributed by atoms with van der Waals surface area (Å²) >= 11 is 0. The minimum absolute atomic E-state index is 0.305. The molecule has 3 rings (SSSR count). The minimum atomic E-state index is -0.346. The van der Waals surface area contributed by atoms with Crippen LogP contribution in [0, 0.1) is 6.92 Å². The molecule has 1 aromatic rings. The van der Waals surface area contributed by atoms with Crippen LogP contribution in [0.3, 0.4) is 0 Å². The van der Waals surface area contributed by atoms with Crippen LogP contribution in [0.4, 0.5) is 11.8 Å². The average Bonchev–Trinajstić information content (AvgIpc) is 2.46. The second-order valence-electron chi connectivity index (χ2n) is 5.79. The van der Waals surface area contributed by atoms with Gasteiger partial charge in [-0.1, -0.05) is 0 Å². The van der Waals surface area contributed by atoms with E-state index < -0.39 is 0 Å². The number of hydrogen-bond donors (Lipinski definition) is 2. The van der Waals surface area contributed by atoms with Gasteiger partial charge in [0.1, 0.15) is 5.82 Å². The number of aliphatic hydroxyl groups excluding tert-OH is 1. The van der Waals surface area contributed by atoms with Crippen LogP contribution in [0.5, 0.6) is 0 Å². The summed E-state index contributed by atoms with van der Waals surface area (Å²) in [7, 11) is 0. The van der Waals surface area contributed by atoms with Crippen molar-refractivity contribution in [3.8, 4) is 0 Å². The van der Waals surface area contributed by atoms with E-state index in [4.69, 9.17) is 10.5 Å². The van der Waals surface area contributed by atoms with Crippen molar-refractivity contribution in [2.45, 2.75) is 44.3 Å². The van der Waals surface area contributed by atoms with Crippen LogP contribution < -0.4 is 10.6 Å². The predicted octanol–water partition coefficient (Wildman–Crippen LogP) is 0.878. The highest BCUT2D eigenvalue weighted by molar-refractivity contribution is 5.48. The summed E-state index contributed by atoms with van der Waals surface area (Å²) in [6.07, 6.45) is 4.88. The van der Waals surface area contributed by atoms with E-state index in [-0.39, 0.29) is 11.7 Å². The van der Waals surface area contributed by atoms with Crippen molar-refractivity contribution in [3.05, 3.63) is 11.8 Å². The molecule has 0 aromatic carbocycles. The Labute approximate surface area is 119 Å². The second kappa shape index (κ2) is 5.18. The van der Waals surface area contributed by atoms with Gasteiger partial charge >= 0.3 is 0 Å². The van der Waals surface area contributed by atoms with Crippen molar-refractivity contribution < 1.29 is 9.84 Å². The van der Waals surface area contributed by atoms with Crippen molar-refractivity contribution in [1.82, 2.24) is 9.97 Å². The van der Waals surface area contributed by atoms with E-state index in [2.05, 4.69) is 14.9 Å². The molecule has 0 amide bonds. The van der Waals surface area contributed by atoms with E-state index in [1.54, 1.807) is 6.20 Å². The molecule has 3 heterocycles. The molecular formula is C14H22N4O2. The molecule has 0 unspecified atom stereocenters. The highest BCUT2D eigenvalue weighted by atomic mass is 16.5. The Morgan fingerprint density at radius 3 is 2.90 bits per heavy atom. The lowest BCUT2D eigenvalue weighted by atomic mass is 9.82. The van der Waals surface area contributed by atoms with E-state index >= 15 is 0 Å². The van der Waals surface area contributed by atoms with E-state index in [0.29, 0.717) is 5.95 Å². The molecule has 1 aromatic heterocycles. The number of rotatable bonds is 1. The fourth-order valence-electron chi connectivity index (χ4n) is 3.25. The first kappa shape index (κ1) is 13.6. The smallest absolute Gasteiger partial charge is 0.221 e. The first-order valence-corrected chi connectivity index (χ1v) is 7.27. The molecule has 0 bridgehead atoms. The molecule has 2 aliphatic rings. The van der Waals surface area contributed by atoms with Gasteiger partial charge in [-0.2, -0.15) is 4.98 Å². The number of nitrogens with two attached hydrogens (primary N) is 1. The predicted molar refractivity (Wildman–Crippen MR) is 76.6 cm³/mol. The number of ether oxygens (including phenoxy) is 1. The van der Waals surface area contributed by atoms with Crippen molar-refractivity contribution in [2.24, 2.45) is 0 Å². The summed E-state index contributed by atoms with van der Waals surface area (Å²) in [6, 6.07) is 0. The summed E-state index contributed by atoms with van der Waals surface area (Å²) in [5, 5.41) is 10.3. The van der Waals surface area contributed by atoms with Crippen molar-refractivity contribution in [1.29, 1.82) is 0 Å². The fraction of sp³-hybridized carbons (Fsp3) is 0.714. The van der Waals surface area contributed by atoms with E-state index in [0.717, 1.165) is 56.8 Å². The third-order valence-electron chi connectivity index (χ3n) is 4.49. The molecule has 6 heteroatoms. The Morgan fingerprint density at radius 2 is 2.20 bits per heavy atom. The highest BCUT2D eigenvalue weighted by Crippen LogP contribution is 2.36. The molecule has 0 radical (unpaired) electrons. The summed E-state index contributed by atoms with van der Waals surface area (Å²) in [5.41, 5.74) is 6.36. The van der Waals surface area contributed by atoms with Crippen LogP contribution >= 0.6 is 0 Å². The maximum Gasteiger partial charge on any atom is 0.221 e. The van der Waals surface area contributed by atoms with Crippen LogP contribution in [0.25, 0.3) is 0 Å². The minimum Gasteiger partial charge on any atom is -0.390 e. The number of aromatic nitrogens is 2. The van der Waals surface area contributed by atoms with Gasteiger partial charge < -0.3 is 20.5 Å². The van der Waals surface area contributed by atoms with Crippen LogP contribution in [0.2, 0.25) is 0 Å². The van der Waals surface area contributed by atoms with Gasteiger partial charge in [-0.15, -0.1) is 0 Å². The molecule has 2 saturated heterocycles. The summed E-state index contributed by atoms with van der Waals surface area (Å²) < 4.78 is 5.92. The number of hydrogen-bond acceptors (Lipinski definition) is 6. The van der Waals surface area contributed by atoms with Crippen molar-refractivity contribution >= 4 is 11.8 Å². The molecule has 0 aliphatic carbocycles. The van der Waals surface area contributed by atoms with Crippen molar-refractivity contribution in [2.75, 3.05) is 30.3 Å². The van der Waals surface area contributed by atoms with Crippen LogP contribution in [-0.4, -0.2) is 46.5 Å². The average molecular weight is 278 g/mol. The molecular weight excluding hydrogens is 256 g/mol. The Balaban J connectivity index is 1.73. The van der Waals surface area contributed by atoms with E-state index in [1.807, 2.05) is 6.92 Å². The number of nitrogen functional groups attached to an aromatic ring is 1. The van der Waals surface area contributed by atoms with Gasteiger partial charge in [-0.25, -0.2) is 4.98 Å². The fourth-order valence-corrected chi connectivity index (χ4v) is 3.25. The first-order valence-electron chi connectivity index (χ1n) is 7.27. The summed E-state index contributed by atoms with van der Waals surface area (Å²) in [6.45, 7) is 4.41. The zero-order valence-corrected chi connectivity index (χ0v) is 11.9. The number of nitrogens with zero attached hydrogens (tertiary/aromatic N) is 3. The topological polar surface area (TPSA) is 84.5 Å². The zero-order valence-electron chi connectivity index (χ0n) is 11.9. The SMILES string of the molecule is Cc1cnc(N)nc1N1CCC2(CC1)OCCC[C@@H]2O. The Morgan fingerprint density at radius 1 is 1.45 bits per heavy atom. The Kier molecular flexibility index (Phi) is 3.52. The van der Waals surface area contributed by atoms with Gasteiger partial charge in [0.25, 0.3) is 0 Å². The molecule has 1 atom stereocenters. The molecule has 20 heavy (non-hydrogen) atoms. The third-order valence-corrected chi connectivity index (χ3v) is 4.49. The largest absolute Gasteiger partial charge is 0.390 e. The van der Waals surface area contributed by atoms with Crippen molar-refractivity contribution in [3.63, 3.8) is 0 Å². The number of anilines is 2.